The van der Waals surface area contributed by atoms with Crippen molar-refractivity contribution in [2.24, 2.45) is 0 Å². The molecule has 0 radical (unpaired) electrons. The first kappa shape index (κ1) is 32.6. The molecule has 0 unspecified atom stereocenters. The first-order chi connectivity index (χ1) is 28.1. The van der Waals surface area contributed by atoms with E-state index < -0.39 is 0 Å². The van der Waals surface area contributed by atoms with E-state index in [-0.39, 0.29) is 5.43 Å². The molecule has 0 aliphatic rings. The quantitative estimate of drug-likeness (QED) is 0.158. The second-order valence-electron chi connectivity index (χ2n) is 14.1. The number of hydrogen-bond donors (Lipinski definition) is 0. The van der Waals surface area contributed by atoms with E-state index in [1.165, 1.54) is 0 Å². The maximum Gasteiger partial charge on any atom is 0.227 e. The van der Waals surface area contributed by atoms with Crippen molar-refractivity contribution >= 4 is 44.1 Å². The maximum absolute atomic E-state index is 14.1. The van der Waals surface area contributed by atoms with Gasteiger partial charge in [-0.1, -0.05) is 103 Å². The normalized spacial score (nSPS) is 11.6. The number of aromatic nitrogens is 2. The lowest BCUT2D eigenvalue weighted by molar-refractivity contribution is 0.619. The molecule has 3 aromatic heterocycles. The number of benzene rings is 8. The van der Waals surface area contributed by atoms with Gasteiger partial charge in [0.2, 0.25) is 17.2 Å². The highest BCUT2D eigenvalue weighted by molar-refractivity contribution is 5.94. The molecule has 0 aliphatic heterocycles. The van der Waals surface area contributed by atoms with E-state index in [4.69, 9.17) is 13.3 Å². The van der Waals surface area contributed by atoms with Gasteiger partial charge in [0.25, 0.3) is 0 Å². The van der Waals surface area contributed by atoms with Gasteiger partial charge in [0.15, 0.2) is 11.2 Å². The molecule has 11 rings (SSSR count). The molecule has 0 atom stereocenters. The zero-order chi connectivity index (χ0) is 37.9. The zero-order valence-electron chi connectivity index (χ0n) is 30.3. The van der Waals surface area contributed by atoms with Crippen molar-refractivity contribution < 1.29 is 13.3 Å². The molecule has 0 amide bonds. The standard InChI is InChI=1S/C51H30N2O4/c54-49-41-29-39(34-14-12-31(13-15-34)32-16-20-35(21-17-32)50-52-43-8-1-3-10-47(43)56-50)24-26-45(41)55-46-27-25-40(30-42(46)49)38-7-5-6-37(28-38)33-18-22-36(23-19-33)51-53-44-9-2-4-11-48(44)57-51/h1-30H. The topological polar surface area (TPSA) is 82.3 Å². The Hall–Kier alpha value is -7.83. The van der Waals surface area contributed by atoms with Gasteiger partial charge >= 0.3 is 0 Å². The minimum absolute atomic E-state index is 0.0588. The SMILES string of the molecule is O=c1c2cc(-c3ccc(-c4ccc(-c5nc6ccccc6o5)cc4)cc3)ccc2oc2ccc(-c3cccc(-c4ccc(-c5nc6ccccc6o5)cc4)c3)cc12. The summed E-state index contributed by atoms with van der Waals surface area (Å²) in [7, 11) is 0. The molecule has 11 aromatic rings. The van der Waals surface area contributed by atoms with Crippen molar-refractivity contribution in [2.45, 2.75) is 0 Å². The summed E-state index contributed by atoms with van der Waals surface area (Å²) in [5.41, 5.74) is 14.3. The number of nitrogens with zero attached hydrogens (tertiary/aromatic N) is 2. The predicted octanol–water partition coefficient (Wildman–Crippen LogP) is 13.2. The summed E-state index contributed by atoms with van der Waals surface area (Å²) in [5, 5.41) is 1.09. The van der Waals surface area contributed by atoms with E-state index in [0.717, 1.165) is 77.8 Å². The van der Waals surface area contributed by atoms with Gasteiger partial charge in [-0.25, -0.2) is 9.97 Å². The Bertz CT molecular complexity index is 3290. The molecule has 57 heavy (non-hydrogen) atoms. The molecule has 0 saturated heterocycles. The Kier molecular flexibility index (Phi) is 7.54. The van der Waals surface area contributed by atoms with Gasteiger partial charge in [-0.3, -0.25) is 4.79 Å². The molecule has 0 fully saturated rings. The van der Waals surface area contributed by atoms with Crippen LogP contribution in [0.2, 0.25) is 0 Å². The van der Waals surface area contributed by atoms with Crippen molar-refractivity contribution in [3.63, 3.8) is 0 Å². The van der Waals surface area contributed by atoms with Crippen molar-refractivity contribution in [3.05, 3.63) is 192 Å². The van der Waals surface area contributed by atoms with Crippen LogP contribution in [-0.2, 0) is 0 Å². The van der Waals surface area contributed by atoms with Crippen molar-refractivity contribution in [1.82, 2.24) is 9.97 Å². The Balaban J connectivity index is 0.860. The van der Waals surface area contributed by atoms with Crippen LogP contribution in [0.1, 0.15) is 0 Å². The molecule has 0 aliphatic carbocycles. The van der Waals surface area contributed by atoms with Crippen LogP contribution in [0.5, 0.6) is 0 Å². The molecule has 6 heteroatoms. The van der Waals surface area contributed by atoms with Crippen molar-refractivity contribution in [1.29, 1.82) is 0 Å². The average Bonchev–Trinajstić information content (AvgIpc) is 3.92. The van der Waals surface area contributed by atoms with Crippen LogP contribution in [0.3, 0.4) is 0 Å². The highest BCUT2D eigenvalue weighted by Gasteiger charge is 2.14. The van der Waals surface area contributed by atoms with Gasteiger partial charge in [-0.05, 0) is 123 Å². The van der Waals surface area contributed by atoms with Crippen LogP contribution in [0.15, 0.2) is 200 Å². The monoisotopic (exact) mass is 734 g/mol. The first-order valence-corrected chi connectivity index (χ1v) is 18.7. The molecule has 0 N–H and O–H groups in total. The molecule has 3 heterocycles. The molecule has 6 nitrogen and oxygen atoms in total. The Morgan fingerprint density at radius 3 is 1.14 bits per heavy atom. The average molecular weight is 735 g/mol. The lowest BCUT2D eigenvalue weighted by Gasteiger charge is -2.09. The summed E-state index contributed by atoms with van der Waals surface area (Å²) in [5.74, 6) is 1.20. The van der Waals surface area contributed by atoms with Gasteiger partial charge < -0.3 is 13.3 Å². The number of para-hydroxylation sites is 4. The van der Waals surface area contributed by atoms with Crippen LogP contribution in [-0.4, -0.2) is 9.97 Å². The van der Waals surface area contributed by atoms with Crippen molar-refractivity contribution in [2.75, 3.05) is 0 Å². The fraction of sp³-hybridized carbons (Fsp3) is 0. The second-order valence-corrected chi connectivity index (χ2v) is 14.1. The molecular formula is C51H30N2O4. The number of fused-ring (bicyclic) bond motifs is 4. The van der Waals surface area contributed by atoms with Gasteiger partial charge in [-0.15, -0.1) is 0 Å². The van der Waals surface area contributed by atoms with E-state index in [2.05, 4.69) is 76.7 Å². The summed E-state index contributed by atoms with van der Waals surface area (Å²) >= 11 is 0. The molecule has 268 valence electrons. The van der Waals surface area contributed by atoms with Crippen molar-refractivity contribution in [3.8, 4) is 67.4 Å². The number of rotatable bonds is 6. The van der Waals surface area contributed by atoms with Gasteiger partial charge in [-0.2, -0.15) is 0 Å². The minimum Gasteiger partial charge on any atom is -0.456 e. The van der Waals surface area contributed by atoms with E-state index in [0.29, 0.717) is 33.7 Å². The summed E-state index contributed by atoms with van der Waals surface area (Å²) in [6, 6.07) is 60.3. The maximum atomic E-state index is 14.1. The molecule has 0 spiro atoms. The minimum atomic E-state index is -0.0588. The highest BCUT2D eigenvalue weighted by atomic mass is 16.4. The second kappa shape index (κ2) is 13.2. The van der Waals surface area contributed by atoms with Crippen LogP contribution >= 0.6 is 0 Å². The lowest BCUT2D eigenvalue weighted by atomic mass is 9.97. The summed E-state index contributed by atoms with van der Waals surface area (Å²) < 4.78 is 18.2. The van der Waals surface area contributed by atoms with Crippen LogP contribution in [0.4, 0.5) is 0 Å². The third kappa shape index (κ3) is 5.88. The van der Waals surface area contributed by atoms with Gasteiger partial charge in [0, 0.05) is 11.1 Å². The molecule has 0 saturated carbocycles. The fourth-order valence-electron chi connectivity index (χ4n) is 7.55. The van der Waals surface area contributed by atoms with Gasteiger partial charge in [0.05, 0.1) is 10.8 Å². The van der Waals surface area contributed by atoms with Gasteiger partial charge in [0.1, 0.15) is 22.2 Å². The summed E-state index contributed by atoms with van der Waals surface area (Å²) in [4.78, 5) is 23.3. The molecule has 8 aromatic carbocycles. The number of oxazole rings is 2. The van der Waals surface area contributed by atoms with E-state index in [1.54, 1.807) is 0 Å². The third-order valence-corrected chi connectivity index (χ3v) is 10.6. The largest absolute Gasteiger partial charge is 0.456 e. The van der Waals surface area contributed by atoms with E-state index >= 15 is 0 Å². The summed E-state index contributed by atoms with van der Waals surface area (Å²) in [6.45, 7) is 0. The van der Waals surface area contributed by atoms with Crippen LogP contribution in [0, 0.1) is 0 Å². The Morgan fingerprint density at radius 1 is 0.298 bits per heavy atom. The zero-order valence-corrected chi connectivity index (χ0v) is 30.3. The lowest BCUT2D eigenvalue weighted by Crippen LogP contribution is -2.02. The van der Waals surface area contributed by atoms with E-state index in [9.17, 15) is 4.79 Å². The number of hydrogen-bond acceptors (Lipinski definition) is 6. The first-order valence-electron chi connectivity index (χ1n) is 18.7. The molecular weight excluding hydrogens is 705 g/mol. The Morgan fingerprint density at radius 2 is 0.667 bits per heavy atom. The van der Waals surface area contributed by atoms with Crippen LogP contribution in [0.25, 0.3) is 112 Å². The Labute approximate surface area is 325 Å². The smallest absolute Gasteiger partial charge is 0.227 e. The highest BCUT2D eigenvalue weighted by Crippen LogP contribution is 2.33. The fourth-order valence-corrected chi connectivity index (χ4v) is 7.55. The predicted molar refractivity (Wildman–Crippen MR) is 228 cm³/mol. The van der Waals surface area contributed by atoms with Crippen LogP contribution < -0.4 is 5.43 Å². The summed E-state index contributed by atoms with van der Waals surface area (Å²) in [6.07, 6.45) is 0. The third-order valence-electron chi connectivity index (χ3n) is 10.6. The molecule has 0 bridgehead atoms. The van der Waals surface area contributed by atoms with E-state index in [1.807, 2.05) is 115 Å².